The van der Waals surface area contributed by atoms with Crippen LogP contribution in [-0.4, -0.2) is 21.9 Å². The van der Waals surface area contributed by atoms with Gasteiger partial charge in [0.2, 0.25) is 10.8 Å². The minimum atomic E-state index is -1.53. The van der Waals surface area contributed by atoms with Crippen molar-refractivity contribution in [1.29, 1.82) is 0 Å². The zero-order chi connectivity index (χ0) is 18.6. The molecule has 0 aliphatic carbocycles. The van der Waals surface area contributed by atoms with Crippen LogP contribution in [0, 0.1) is 5.41 Å². The largest absolute Gasteiger partial charge is 0.481 e. The fourth-order valence-electron chi connectivity index (χ4n) is 2.09. The molecule has 0 amide bonds. The molecule has 0 spiro atoms. The molecule has 0 saturated heterocycles. The maximum atomic E-state index is 12.2. The lowest BCUT2D eigenvalue weighted by atomic mass is 9.89. The Morgan fingerprint density at radius 1 is 1.08 bits per heavy atom. The van der Waals surface area contributed by atoms with Crippen molar-refractivity contribution in [2.75, 3.05) is 0 Å². The molecule has 0 aliphatic rings. The lowest BCUT2D eigenvalue weighted by Gasteiger charge is -2.21. The number of carbonyl (C=O) groups excluding carboxylic acids is 1. The van der Waals surface area contributed by atoms with Crippen molar-refractivity contribution >= 4 is 39.3 Å². The van der Waals surface area contributed by atoms with Gasteiger partial charge in [-0.1, -0.05) is 35.9 Å². The fraction of sp³-hybridized carbons (Fsp3) is 0.263. The first-order valence-electron chi connectivity index (χ1n) is 7.62. The van der Waals surface area contributed by atoms with Crippen molar-refractivity contribution in [2.45, 2.75) is 25.3 Å². The third-order valence-corrected chi connectivity index (χ3v) is 4.70. The average Bonchev–Trinajstić information content (AvgIpc) is 2.57. The highest BCUT2D eigenvalue weighted by atomic mass is 79.9. The second kappa shape index (κ2) is 8.02. The number of ketones is 1. The molecule has 25 heavy (non-hydrogen) atoms. The standard InChI is InChI=1S/C19H18BrClO4/c1-19(2,18(23)24)16(22)17(20)25-15-9-5-13(6-10-15)11-12-3-7-14(21)8-4-12/h3-10,17H,11H2,1-2H3,(H,23,24). The van der Waals surface area contributed by atoms with Crippen molar-refractivity contribution in [1.82, 2.24) is 0 Å². The molecule has 1 atom stereocenters. The van der Waals surface area contributed by atoms with Gasteiger partial charge in [0.25, 0.3) is 0 Å². The number of ether oxygens (including phenoxy) is 1. The highest BCUT2D eigenvalue weighted by Gasteiger charge is 2.40. The molecular weight excluding hydrogens is 408 g/mol. The summed E-state index contributed by atoms with van der Waals surface area (Å²) in [6.07, 6.45) is 0.750. The first-order valence-corrected chi connectivity index (χ1v) is 8.91. The van der Waals surface area contributed by atoms with Gasteiger partial charge in [-0.2, -0.15) is 0 Å². The minimum absolute atomic E-state index is 0.483. The number of carbonyl (C=O) groups is 2. The Hall–Kier alpha value is -1.85. The second-order valence-corrected chi connectivity index (χ2v) is 7.44. The SMILES string of the molecule is CC(C)(C(=O)O)C(=O)C(Br)Oc1ccc(Cc2ccc(Cl)cc2)cc1. The van der Waals surface area contributed by atoms with Crippen molar-refractivity contribution in [3.63, 3.8) is 0 Å². The highest BCUT2D eigenvalue weighted by molar-refractivity contribution is 9.09. The van der Waals surface area contributed by atoms with Crippen LogP contribution in [0.4, 0.5) is 0 Å². The predicted octanol–water partition coefficient (Wildman–Crippen LogP) is 4.71. The Labute approximate surface area is 159 Å². The second-order valence-electron chi connectivity index (χ2n) is 6.18. The molecule has 4 nitrogen and oxygen atoms in total. The van der Waals surface area contributed by atoms with Gasteiger partial charge in [0.1, 0.15) is 11.2 Å². The maximum Gasteiger partial charge on any atom is 0.316 e. The van der Waals surface area contributed by atoms with Crippen molar-refractivity contribution in [2.24, 2.45) is 5.41 Å². The molecule has 2 rings (SSSR count). The Morgan fingerprint density at radius 2 is 1.56 bits per heavy atom. The summed E-state index contributed by atoms with van der Waals surface area (Å²) in [6.45, 7) is 2.70. The topological polar surface area (TPSA) is 63.6 Å². The third kappa shape index (κ3) is 5.06. The molecule has 1 unspecified atom stereocenters. The summed E-state index contributed by atoms with van der Waals surface area (Å²) in [5.41, 5.74) is 0.690. The fourth-order valence-corrected chi connectivity index (χ4v) is 3.00. The van der Waals surface area contributed by atoms with Crippen LogP contribution >= 0.6 is 27.5 Å². The van der Waals surface area contributed by atoms with Crippen molar-refractivity contribution < 1.29 is 19.4 Å². The first-order chi connectivity index (χ1) is 11.7. The number of benzene rings is 2. The van der Waals surface area contributed by atoms with Crippen LogP contribution in [0.25, 0.3) is 0 Å². The van der Waals surface area contributed by atoms with Gasteiger partial charge >= 0.3 is 5.97 Å². The van der Waals surface area contributed by atoms with Crippen LogP contribution in [0.15, 0.2) is 48.5 Å². The van der Waals surface area contributed by atoms with E-state index in [0.29, 0.717) is 10.8 Å². The summed E-state index contributed by atoms with van der Waals surface area (Å²) in [6, 6.07) is 14.9. The molecule has 0 radical (unpaired) electrons. The normalized spacial score (nSPS) is 12.5. The van der Waals surface area contributed by atoms with E-state index in [4.69, 9.17) is 21.4 Å². The van der Waals surface area contributed by atoms with Crippen LogP contribution in [0.2, 0.25) is 5.02 Å². The summed E-state index contributed by atoms with van der Waals surface area (Å²) < 4.78 is 5.52. The van der Waals surface area contributed by atoms with E-state index >= 15 is 0 Å². The van der Waals surface area contributed by atoms with Crippen LogP contribution in [0.1, 0.15) is 25.0 Å². The number of alkyl halides is 1. The Bertz CT molecular complexity index is 754. The number of Topliss-reactive ketones (excluding diaryl/α,β-unsaturated/α-hetero) is 1. The van der Waals surface area contributed by atoms with E-state index in [9.17, 15) is 9.59 Å². The molecule has 0 heterocycles. The minimum Gasteiger partial charge on any atom is -0.481 e. The Morgan fingerprint density at radius 3 is 2.04 bits per heavy atom. The van der Waals surface area contributed by atoms with Crippen LogP contribution in [0.5, 0.6) is 5.75 Å². The summed E-state index contributed by atoms with van der Waals surface area (Å²) >= 11 is 8.99. The molecule has 132 valence electrons. The van der Waals surface area contributed by atoms with Crippen molar-refractivity contribution in [3.8, 4) is 5.75 Å². The number of rotatable bonds is 7. The number of halogens is 2. The van der Waals surface area contributed by atoms with Gasteiger partial charge in [-0.25, -0.2) is 0 Å². The van der Waals surface area contributed by atoms with Gasteiger partial charge in [0, 0.05) is 5.02 Å². The van der Waals surface area contributed by atoms with E-state index in [1.165, 1.54) is 13.8 Å². The van der Waals surface area contributed by atoms with Crippen LogP contribution in [-0.2, 0) is 16.0 Å². The molecule has 0 aromatic heterocycles. The lowest BCUT2D eigenvalue weighted by Crippen LogP contribution is -2.40. The molecule has 1 N–H and O–H groups in total. The molecule has 0 saturated carbocycles. The van der Waals surface area contributed by atoms with E-state index < -0.39 is 22.2 Å². The number of carboxylic acid groups (broad SMARTS) is 1. The summed E-state index contributed by atoms with van der Waals surface area (Å²) in [5, 5.41) is 8.79. The predicted molar refractivity (Wildman–Crippen MR) is 100 cm³/mol. The van der Waals surface area contributed by atoms with Gasteiger partial charge < -0.3 is 9.84 Å². The lowest BCUT2D eigenvalue weighted by molar-refractivity contribution is -0.153. The van der Waals surface area contributed by atoms with Crippen LogP contribution in [0.3, 0.4) is 0 Å². The Kier molecular flexibility index (Phi) is 6.25. The zero-order valence-electron chi connectivity index (χ0n) is 13.8. The van der Waals surface area contributed by atoms with Gasteiger partial charge in [-0.15, -0.1) is 0 Å². The van der Waals surface area contributed by atoms with Gasteiger partial charge in [0.15, 0.2) is 0 Å². The van der Waals surface area contributed by atoms with E-state index in [-0.39, 0.29) is 0 Å². The van der Waals surface area contributed by atoms with Crippen molar-refractivity contribution in [3.05, 3.63) is 64.7 Å². The summed E-state index contributed by atoms with van der Waals surface area (Å²) in [5.74, 6) is -1.26. The number of hydrogen-bond acceptors (Lipinski definition) is 3. The Balaban J connectivity index is 2.01. The number of aliphatic carboxylic acids is 1. The molecule has 0 aliphatic heterocycles. The average molecular weight is 426 g/mol. The molecule has 2 aromatic rings. The quantitative estimate of drug-likeness (QED) is 0.515. The highest BCUT2D eigenvalue weighted by Crippen LogP contribution is 2.25. The monoisotopic (exact) mass is 424 g/mol. The molecular formula is C19H18BrClO4. The summed E-state index contributed by atoms with van der Waals surface area (Å²) in [4.78, 5) is 23.3. The zero-order valence-corrected chi connectivity index (χ0v) is 16.2. The van der Waals surface area contributed by atoms with Gasteiger partial charge in [0.05, 0.1) is 0 Å². The molecule has 0 fully saturated rings. The summed E-state index contributed by atoms with van der Waals surface area (Å²) in [7, 11) is 0. The first kappa shape index (κ1) is 19.5. The smallest absolute Gasteiger partial charge is 0.316 e. The maximum absolute atomic E-state index is 12.2. The molecule has 6 heteroatoms. The third-order valence-electron chi connectivity index (χ3n) is 3.84. The van der Waals surface area contributed by atoms with Crippen LogP contribution < -0.4 is 4.74 Å². The van der Waals surface area contributed by atoms with E-state index in [0.717, 1.165) is 17.5 Å². The van der Waals surface area contributed by atoms with Gasteiger partial charge in [-0.05, 0) is 71.6 Å². The molecule has 0 bridgehead atoms. The number of hydrogen-bond donors (Lipinski definition) is 1. The number of carboxylic acids is 1. The van der Waals surface area contributed by atoms with E-state index in [1.807, 2.05) is 36.4 Å². The van der Waals surface area contributed by atoms with E-state index in [2.05, 4.69) is 15.9 Å². The molecule has 2 aromatic carbocycles. The van der Waals surface area contributed by atoms with Gasteiger partial charge in [-0.3, -0.25) is 9.59 Å². The van der Waals surface area contributed by atoms with E-state index in [1.54, 1.807) is 12.1 Å².